The van der Waals surface area contributed by atoms with Crippen molar-refractivity contribution in [3.63, 3.8) is 0 Å². The Morgan fingerprint density at radius 2 is 1.88 bits per heavy atom. The Morgan fingerprint density at radius 3 is 2.65 bits per heavy atom. The lowest BCUT2D eigenvalue weighted by Gasteiger charge is -2.12. The maximum absolute atomic E-state index is 13.3. The van der Waals surface area contributed by atoms with E-state index in [0.717, 1.165) is 17.7 Å². The third-order valence-electron chi connectivity index (χ3n) is 3.81. The largest absolute Gasteiger partial charge is 0.340 e. The molecule has 1 heterocycles. The van der Waals surface area contributed by atoms with E-state index in [4.69, 9.17) is 0 Å². The first-order chi connectivity index (χ1) is 12.5. The molecule has 0 saturated heterocycles. The van der Waals surface area contributed by atoms with Gasteiger partial charge in [-0.2, -0.15) is 0 Å². The summed E-state index contributed by atoms with van der Waals surface area (Å²) in [6.45, 7) is 3.79. The van der Waals surface area contributed by atoms with Gasteiger partial charge in [-0.05, 0) is 43.2 Å². The van der Waals surface area contributed by atoms with Gasteiger partial charge < -0.3 is 10.6 Å². The smallest absolute Gasteiger partial charge is 0.274 e. The van der Waals surface area contributed by atoms with Crippen molar-refractivity contribution in [3.05, 3.63) is 77.5 Å². The summed E-state index contributed by atoms with van der Waals surface area (Å²) in [4.78, 5) is 21.0. The van der Waals surface area contributed by atoms with Crippen LogP contribution in [0, 0.1) is 12.7 Å². The Morgan fingerprint density at radius 1 is 1.08 bits per heavy atom. The van der Waals surface area contributed by atoms with E-state index in [2.05, 4.69) is 27.5 Å². The van der Waals surface area contributed by atoms with Crippen LogP contribution >= 0.6 is 0 Å². The molecule has 0 bridgehead atoms. The number of carbonyl (C=O) groups is 1. The highest BCUT2D eigenvalue weighted by Gasteiger charge is 2.12. The van der Waals surface area contributed by atoms with E-state index in [0.29, 0.717) is 17.3 Å². The van der Waals surface area contributed by atoms with E-state index in [-0.39, 0.29) is 5.69 Å². The quantitative estimate of drug-likeness (QED) is 0.712. The second-order valence-electron chi connectivity index (χ2n) is 5.79. The number of halogens is 1. The summed E-state index contributed by atoms with van der Waals surface area (Å²) in [6.07, 6.45) is 0.875. The molecule has 6 heteroatoms. The molecule has 132 valence electrons. The molecular formula is C20H19FN4O. The summed E-state index contributed by atoms with van der Waals surface area (Å²) >= 11 is 0. The maximum Gasteiger partial charge on any atom is 0.274 e. The van der Waals surface area contributed by atoms with Crippen molar-refractivity contribution < 1.29 is 9.18 Å². The number of hydrogen-bond donors (Lipinski definition) is 2. The van der Waals surface area contributed by atoms with Crippen LogP contribution in [0.25, 0.3) is 0 Å². The van der Waals surface area contributed by atoms with Gasteiger partial charge in [0, 0.05) is 17.4 Å². The molecule has 0 aliphatic carbocycles. The zero-order valence-corrected chi connectivity index (χ0v) is 14.6. The molecule has 26 heavy (non-hydrogen) atoms. The van der Waals surface area contributed by atoms with Crippen molar-refractivity contribution in [1.82, 2.24) is 9.97 Å². The minimum absolute atomic E-state index is 0.207. The molecule has 3 rings (SSSR count). The number of para-hydroxylation sites is 1. The van der Waals surface area contributed by atoms with E-state index >= 15 is 0 Å². The zero-order chi connectivity index (χ0) is 18.5. The minimum atomic E-state index is -0.423. The summed E-state index contributed by atoms with van der Waals surface area (Å²) in [7, 11) is 0. The summed E-state index contributed by atoms with van der Waals surface area (Å²) in [5, 5.41) is 5.88. The molecule has 1 aromatic heterocycles. The fourth-order valence-electron chi connectivity index (χ4n) is 2.60. The Labute approximate surface area is 151 Å². The Balaban J connectivity index is 1.84. The normalized spacial score (nSPS) is 10.4. The molecule has 1 amide bonds. The van der Waals surface area contributed by atoms with Gasteiger partial charge in [-0.3, -0.25) is 4.79 Å². The highest BCUT2D eigenvalue weighted by Crippen LogP contribution is 2.21. The van der Waals surface area contributed by atoms with Crippen LogP contribution in [-0.4, -0.2) is 15.9 Å². The molecule has 0 aliphatic heterocycles. The molecule has 0 aliphatic rings. The molecule has 0 spiro atoms. The standard InChI is InChI=1S/C20H19FN4O/c1-3-14-7-4-5-10-17(14)25-19-12-18(22-13(2)23-19)20(26)24-16-9-6-8-15(21)11-16/h4-12H,3H2,1-2H3,(H,24,26)(H,22,23,25). The average Bonchev–Trinajstić information content (AvgIpc) is 2.61. The van der Waals surface area contributed by atoms with Crippen LogP contribution in [0.1, 0.15) is 28.8 Å². The summed E-state index contributed by atoms with van der Waals surface area (Å²) in [5.41, 5.74) is 2.66. The first-order valence-corrected chi connectivity index (χ1v) is 8.32. The number of benzene rings is 2. The van der Waals surface area contributed by atoms with Gasteiger partial charge in [0.05, 0.1) is 0 Å². The second kappa shape index (κ2) is 7.74. The molecule has 3 aromatic rings. The summed E-state index contributed by atoms with van der Waals surface area (Å²) < 4.78 is 13.3. The first kappa shape index (κ1) is 17.5. The van der Waals surface area contributed by atoms with Crippen molar-refractivity contribution in [2.75, 3.05) is 10.6 Å². The van der Waals surface area contributed by atoms with Gasteiger partial charge in [0.2, 0.25) is 0 Å². The van der Waals surface area contributed by atoms with Gasteiger partial charge in [0.1, 0.15) is 23.2 Å². The Bertz CT molecular complexity index is 943. The highest BCUT2D eigenvalue weighted by atomic mass is 19.1. The van der Waals surface area contributed by atoms with Gasteiger partial charge in [-0.15, -0.1) is 0 Å². The predicted molar refractivity (Wildman–Crippen MR) is 100 cm³/mol. The van der Waals surface area contributed by atoms with Crippen molar-refractivity contribution in [2.24, 2.45) is 0 Å². The number of hydrogen-bond acceptors (Lipinski definition) is 4. The molecule has 0 atom stereocenters. The molecule has 5 nitrogen and oxygen atoms in total. The molecule has 2 N–H and O–H groups in total. The summed E-state index contributed by atoms with van der Waals surface area (Å²) in [5.74, 6) is 0.157. The van der Waals surface area contributed by atoms with Crippen molar-refractivity contribution in [1.29, 1.82) is 0 Å². The fraction of sp³-hybridized carbons (Fsp3) is 0.150. The SMILES string of the molecule is CCc1ccccc1Nc1cc(C(=O)Nc2cccc(F)c2)nc(C)n1. The molecule has 0 saturated carbocycles. The van der Waals surface area contributed by atoms with Gasteiger partial charge in [0.15, 0.2) is 0 Å². The van der Waals surface area contributed by atoms with Gasteiger partial charge in [-0.1, -0.05) is 31.2 Å². The number of aromatic nitrogens is 2. The lowest BCUT2D eigenvalue weighted by molar-refractivity contribution is 0.102. The van der Waals surface area contributed by atoms with Gasteiger partial charge in [-0.25, -0.2) is 14.4 Å². The number of nitrogens with zero attached hydrogens (tertiary/aromatic N) is 2. The first-order valence-electron chi connectivity index (χ1n) is 8.32. The van der Waals surface area contributed by atoms with Crippen LogP contribution in [-0.2, 0) is 6.42 Å². The van der Waals surface area contributed by atoms with Gasteiger partial charge >= 0.3 is 0 Å². The third kappa shape index (κ3) is 4.22. The van der Waals surface area contributed by atoms with Crippen molar-refractivity contribution >= 4 is 23.1 Å². The molecule has 0 radical (unpaired) electrons. The number of nitrogens with one attached hydrogen (secondary N) is 2. The van der Waals surface area contributed by atoms with E-state index in [1.54, 1.807) is 19.1 Å². The molecule has 0 unspecified atom stereocenters. The summed E-state index contributed by atoms with van der Waals surface area (Å²) in [6, 6.07) is 15.2. The Kier molecular flexibility index (Phi) is 5.22. The average molecular weight is 350 g/mol. The van der Waals surface area contributed by atoms with E-state index in [1.165, 1.54) is 18.2 Å². The van der Waals surface area contributed by atoms with Crippen LogP contribution in [0.5, 0.6) is 0 Å². The van der Waals surface area contributed by atoms with E-state index in [9.17, 15) is 9.18 Å². The Hall–Kier alpha value is -3.28. The zero-order valence-electron chi connectivity index (χ0n) is 14.6. The van der Waals surface area contributed by atoms with Crippen LogP contribution in [0.15, 0.2) is 54.6 Å². The molecule has 2 aromatic carbocycles. The second-order valence-corrected chi connectivity index (χ2v) is 5.79. The number of aryl methyl sites for hydroxylation is 2. The van der Waals surface area contributed by atoms with E-state index in [1.807, 2.05) is 24.3 Å². The lowest BCUT2D eigenvalue weighted by atomic mass is 10.1. The van der Waals surface area contributed by atoms with E-state index < -0.39 is 11.7 Å². The molecule has 0 fully saturated rings. The van der Waals surface area contributed by atoms with Crippen LogP contribution in [0.3, 0.4) is 0 Å². The lowest BCUT2D eigenvalue weighted by Crippen LogP contribution is -2.15. The number of anilines is 3. The molecular weight excluding hydrogens is 331 g/mol. The minimum Gasteiger partial charge on any atom is -0.340 e. The number of carbonyl (C=O) groups excluding carboxylic acids is 1. The number of amides is 1. The predicted octanol–water partition coefficient (Wildman–Crippen LogP) is 4.48. The highest BCUT2D eigenvalue weighted by molar-refractivity contribution is 6.03. The monoisotopic (exact) mass is 350 g/mol. The number of rotatable bonds is 5. The van der Waals surface area contributed by atoms with Gasteiger partial charge in [0.25, 0.3) is 5.91 Å². The maximum atomic E-state index is 13.3. The van der Waals surface area contributed by atoms with Crippen LogP contribution in [0.4, 0.5) is 21.6 Å². The third-order valence-corrected chi connectivity index (χ3v) is 3.81. The fourth-order valence-corrected chi connectivity index (χ4v) is 2.60. The topological polar surface area (TPSA) is 66.9 Å². The van der Waals surface area contributed by atoms with Crippen molar-refractivity contribution in [2.45, 2.75) is 20.3 Å². The van der Waals surface area contributed by atoms with Crippen LogP contribution < -0.4 is 10.6 Å². The van der Waals surface area contributed by atoms with Crippen molar-refractivity contribution in [3.8, 4) is 0 Å². The van der Waals surface area contributed by atoms with Crippen LogP contribution in [0.2, 0.25) is 0 Å².